The zero-order chi connectivity index (χ0) is 30.1. The van der Waals surface area contributed by atoms with Crippen LogP contribution in [0.1, 0.15) is 24.8 Å². The van der Waals surface area contributed by atoms with Crippen LogP contribution in [0.4, 0.5) is 32.2 Å². The van der Waals surface area contributed by atoms with Crippen LogP contribution in [-0.4, -0.2) is 57.1 Å². The molecule has 0 radical (unpaired) electrons. The lowest BCUT2D eigenvalue weighted by Crippen LogP contribution is -2.64. The van der Waals surface area contributed by atoms with Gasteiger partial charge in [0, 0.05) is 60.0 Å². The Bertz CT molecular complexity index is 1720. The highest BCUT2D eigenvalue weighted by Gasteiger charge is 2.45. The van der Waals surface area contributed by atoms with Gasteiger partial charge in [-0.1, -0.05) is 6.58 Å². The molecule has 14 heteroatoms. The van der Waals surface area contributed by atoms with Crippen molar-refractivity contribution in [3.05, 3.63) is 64.4 Å². The third-order valence-corrected chi connectivity index (χ3v) is 9.00. The molecule has 2 saturated heterocycles. The molecule has 3 aliphatic rings. The van der Waals surface area contributed by atoms with E-state index in [2.05, 4.69) is 11.6 Å². The monoisotopic (exact) mass is 608 g/mol. The fourth-order valence-electron chi connectivity index (χ4n) is 6.20. The molecule has 220 valence electrons. The van der Waals surface area contributed by atoms with Crippen LogP contribution < -0.4 is 10.6 Å². The lowest BCUT2D eigenvalue weighted by atomic mass is 9.89. The lowest BCUT2D eigenvalue weighted by Gasteiger charge is -2.49. The number of carbonyl (C=O) groups excluding carboxylic acids is 2. The maximum Gasteiger partial charge on any atom is 0.417 e. The number of aryl methyl sites for hydroxylation is 1. The molecule has 0 N–H and O–H groups in total. The Kier molecular flexibility index (Phi) is 6.86. The number of halogens is 6. The van der Waals surface area contributed by atoms with Gasteiger partial charge in [-0.3, -0.25) is 14.2 Å². The van der Waals surface area contributed by atoms with E-state index < -0.39 is 64.0 Å². The van der Waals surface area contributed by atoms with Crippen molar-refractivity contribution in [2.45, 2.75) is 49.0 Å². The lowest BCUT2D eigenvalue weighted by molar-refractivity contribution is -0.141. The molecule has 42 heavy (non-hydrogen) atoms. The largest absolute Gasteiger partial charge is 0.417 e. The highest BCUT2D eigenvalue weighted by molar-refractivity contribution is 7.99. The number of alkyl halides is 3. The molecule has 4 heterocycles. The van der Waals surface area contributed by atoms with Gasteiger partial charge in [-0.2, -0.15) is 18.2 Å². The number of carbonyl (C=O) groups is 2. The summed E-state index contributed by atoms with van der Waals surface area (Å²) in [5, 5.41) is -0.0170. The van der Waals surface area contributed by atoms with Crippen molar-refractivity contribution in [2.75, 3.05) is 23.7 Å². The third-order valence-electron chi connectivity index (χ3n) is 7.82. The Hall–Kier alpha value is -3.81. The van der Waals surface area contributed by atoms with E-state index in [0.717, 1.165) is 30.0 Å². The number of anilines is 1. The van der Waals surface area contributed by atoms with E-state index in [1.807, 2.05) is 0 Å². The molecule has 2 bridgehead atoms. The molecule has 0 saturated carbocycles. The van der Waals surface area contributed by atoms with Crippen molar-refractivity contribution >= 4 is 40.2 Å². The maximum atomic E-state index is 15.0. The van der Waals surface area contributed by atoms with Gasteiger partial charge in [-0.05, 0) is 30.4 Å². The molecule has 3 aromatic rings. The number of piperidine rings is 1. The van der Waals surface area contributed by atoms with E-state index in [-0.39, 0.29) is 59.9 Å². The van der Waals surface area contributed by atoms with E-state index in [9.17, 15) is 36.3 Å². The second-order valence-corrected chi connectivity index (χ2v) is 11.6. The molecule has 1 aromatic heterocycles. The standard InChI is InChI=1S/C28H22F6N4O3S/c1-13(29)26(40)38-15-8-17(39)9-16(38)12-36(11-15)25-19-10-20(28(32,33)34)22(18-4-3-14(30)7-21(18)31)24-23(19)37(27(41)35-25)5-2-6-42-24/h3-4,7,10,15-16H,1-2,5-6,8-9,11-12H2. The zero-order valence-electron chi connectivity index (χ0n) is 21.8. The summed E-state index contributed by atoms with van der Waals surface area (Å²) in [6.45, 7) is 3.03. The predicted molar refractivity (Wildman–Crippen MR) is 143 cm³/mol. The fourth-order valence-corrected chi connectivity index (χ4v) is 7.40. The van der Waals surface area contributed by atoms with Crippen LogP contribution in [0.5, 0.6) is 0 Å². The maximum absolute atomic E-state index is 15.0. The van der Waals surface area contributed by atoms with Crippen molar-refractivity contribution in [1.82, 2.24) is 14.5 Å². The summed E-state index contributed by atoms with van der Waals surface area (Å²) in [7, 11) is 0. The molecule has 3 aliphatic heterocycles. The molecule has 2 unspecified atom stereocenters. The van der Waals surface area contributed by atoms with Crippen LogP contribution in [-0.2, 0) is 22.3 Å². The number of ketones is 1. The summed E-state index contributed by atoms with van der Waals surface area (Å²) in [5.41, 5.74) is -2.74. The molecule has 2 atom stereocenters. The molecule has 0 aliphatic carbocycles. The van der Waals surface area contributed by atoms with Gasteiger partial charge < -0.3 is 9.80 Å². The third kappa shape index (κ3) is 4.65. The summed E-state index contributed by atoms with van der Waals surface area (Å²) >= 11 is 1.04. The van der Waals surface area contributed by atoms with Gasteiger partial charge in [0.2, 0.25) is 0 Å². The second-order valence-electron chi connectivity index (χ2n) is 10.5. The van der Waals surface area contributed by atoms with Crippen molar-refractivity contribution in [3.63, 3.8) is 0 Å². The van der Waals surface area contributed by atoms with Gasteiger partial charge in [-0.25, -0.2) is 18.0 Å². The van der Waals surface area contributed by atoms with Crippen molar-refractivity contribution in [2.24, 2.45) is 0 Å². The number of rotatable bonds is 3. The number of aromatic nitrogens is 2. The summed E-state index contributed by atoms with van der Waals surface area (Å²) in [5.74, 6) is -4.22. The Morgan fingerprint density at radius 3 is 2.38 bits per heavy atom. The Morgan fingerprint density at radius 1 is 1.07 bits per heavy atom. The highest BCUT2D eigenvalue weighted by atomic mass is 32.2. The smallest absolute Gasteiger partial charge is 0.352 e. The summed E-state index contributed by atoms with van der Waals surface area (Å²) in [4.78, 5) is 45.2. The van der Waals surface area contributed by atoms with Gasteiger partial charge in [0.25, 0.3) is 5.91 Å². The number of piperazine rings is 1. The van der Waals surface area contributed by atoms with E-state index in [1.165, 1.54) is 9.47 Å². The number of fused-ring (bicyclic) bond motifs is 2. The van der Waals surface area contributed by atoms with Gasteiger partial charge in [0.1, 0.15) is 23.2 Å². The van der Waals surface area contributed by atoms with Crippen LogP contribution in [0, 0.1) is 11.6 Å². The first-order valence-electron chi connectivity index (χ1n) is 13.1. The van der Waals surface area contributed by atoms with Crippen molar-refractivity contribution in [3.8, 4) is 11.1 Å². The number of Topliss-reactive ketones (excluding diaryl/α,β-unsaturated/α-hetero) is 1. The summed E-state index contributed by atoms with van der Waals surface area (Å²) in [6.07, 6.45) is -4.77. The Labute approximate surface area is 238 Å². The predicted octanol–water partition coefficient (Wildman–Crippen LogP) is 5.09. The molecule has 0 spiro atoms. The normalized spacial score (nSPS) is 20.6. The number of amides is 1. The average Bonchev–Trinajstić information content (AvgIpc) is 3.13. The molecule has 6 rings (SSSR count). The first kappa shape index (κ1) is 28.3. The summed E-state index contributed by atoms with van der Waals surface area (Å²) < 4.78 is 87.9. The van der Waals surface area contributed by atoms with Gasteiger partial charge in [0.05, 0.1) is 23.2 Å². The van der Waals surface area contributed by atoms with Crippen molar-refractivity contribution < 1.29 is 35.9 Å². The van der Waals surface area contributed by atoms with Gasteiger partial charge in [-0.15, -0.1) is 11.8 Å². The molecular formula is C28H22F6N4O3S. The van der Waals surface area contributed by atoms with E-state index in [1.54, 1.807) is 4.90 Å². The first-order chi connectivity index (χ1) is 19.8. The van der Waals surface area contributed by atoms with Crippen LogP contribution in [0.15, 0.2) is 46.4 Å². The summed E-state index contributed by atoms with van der Waals surface area (Å²) in [6, 6.07) is 1.51. The minimum absolute atomic E-state index is 0.0153. The van der Waals surface area contributed by atoms with Gasteiger partial charge in [0.15, 0.2) is 5.83 Å². The fraction of sp³-hybridized carbons (Fsp3) is 0.357. The van der Waals surface area contributed by atoms with Gasteiger partial charge >= 0.3 is 11.9 Å². The van der Waals surface area contributed by atoms with E-state index in [0.29, 0.717) is 18.2 Å². The van der Waals surface area contributed by atoms with Crippen LogP contribution in [0.3, 0.4) is 0 Å². The minimum Gasteiger partial charge on any atom is -0.352 e. The number of hydrogen-bond donors (Lipinski definition) is 0. The Morgan fingerprint density at radius 2 is 1.76 bits per heavy atom. The molecule has 1 amide bonds. The quantitative estimate of drug-likeness (QED) is 0.305. The average molecular weight is 609 g/mol. The molecule has 2 fully saturated rings. The van der Waals surface area contributed by atoms with Crippen LogP contribution in [0.2, 0.25) is 0 Å². The van der Waals surface area contributed by atoms with Crippen molar-refractivity contribution in [1.29, 1.82) is 0 Å². The Balaban J connectivity index is 1.60. The number of thioether (sulfide) groups is 1. The molecule has 2 aromatic carbocycles. The number of benzene rings is 2. The zero-order valence-corrected chi connectivity index (χ0v) is 22.6. The second kappa shape index (κ2) is 10.2. The molecular weight excluding hydrogens is 586 g/mol. The van der Waals surface area contributed by atoms with E-state index >= 15 is 4.39 Å². The first-order valence-corrected chi connectivity index (χ1v) is 14.0. The SMILES string of the molecule is C=C(F)C(=O)N1C2CC(=O)CC1CN(c1nc(=O)n3c4c(c(-c5ccc(F)cc5F)c(C(F)(F)F)cc14)SCCC3)C2. The molecule has 7 nitrogen and oxygen atoms in total. The topological polar surface area (TPSA) is 75.5 Å². The number of hydrogen-bond acceptors (Lipinski definition) is 6. The van der Waals surface area contributed by atoms with E-state index in [4.69, 9.17) is 0 Å². The minimum atomic E-state index is -4.97. The van der Waals surface area contributed by atoms with Crippen LogP contribution in [0.25, 0.3) is 22.0 Å². The van der Waals surface area contributed by atoms with Crippen LogP contribution >= 0.6 is 11.8 Å². The highest BCUT2D eigenvalue weighted by Crippen LogP contribution is 2.49. The number of nitrogens with zero attached hydrogens (tertiary/aromatic N) is 4.